The first-order valence-electron chi connectivity index (χ1n) is 3.68. The minimum Gasteiger partial charge on any atom is -0.331 e. The molecule has 2 N–H and O–H groups in total. The van der Waals surface area contributed by atoms with E-state index in [9.17, 15) is 0 Å². The van der Waals surface area contributed by atoms with E-state index >= 15 is 0 Å². The third kappa shape index (κ3) is 1.91. The summed E-state index contributed by atoms with van der Waals surface area (Å²) in [6, 6.07) is 0. The fraction of sp³-hybridized carbons (Fsp3) is 0.375. The summed E-state index contributed by atoms with van der Waals surface area (Å²) >= 11 is 0. The topological polar surface area (TPSA) is 43.8 Å². The average Bonchev–Trinajstić information content (AvgIpc) is 2.39. The molecule has 0 fully saturated rings. The maximum Gasteiger partial charge on any atom is 0.0951 e. The quantitative estimate of drug-likeness (QED) is 0.639. The lowest BCUT2D eigenvalue weighted by molar-refractivity contribution is 0.749. The summed E-state index contributed by atoms with van der Waals surface area (Å²) in [6.45, 7) is 5.14. The Kier molecular flexibility index (Phi) is 2.86. The van der Waals surface area contributed by atoms with Crippen molar-refractivity contribution >= 4 is 0 Å². The largest absolute Gasteiger partial charge is 0.331 e. The van der Waals surface area contributed by atoms with Crippen LogP contribution < -0.4 is 5.73 Å². The molecule has 0 saturated carbocycles. The Morgan fingerprint density at radius 3 is 3.18 bits per heavy atom. The Balaban J connectivity index is 2.69. The predicted octanol–water partition coefficient (Wildman–Crippen LogP) is 0.570. The number of allylic oxidation sites excluding steroid dienone is 1. The lowest BCUT2D eigenvalue weighted by Crippen LogP contribution is -2.07. The van der Waals surface area contributed by atoms with Gasteiger partial charge in [-0.3, -0.25) is 0 Å². The van der Waals surface area contributed by atoms with Crippen LogP contribution in [0.3, 0.4) is 0 Å². The first-order chi connectivity index (χ1) is 5.38. The van der Waals surface area contributed by atoms with Crippen molar-refractivity contribution in [2.75, 3.05) is 6.54 Å². The second kappa shape index (κ2) is 3.93. The number of hydrogen-bond donors (Lipinski definition) is 1. The third-order valence-corrected chi connectivity index (χ3v) is 1.52. The molecule has 0 aromatic carbocycles. The van der Waals surface area contributed by atoms with Crippen molar-refractivity contribution in [1.82, 2.24) is 9.55 Å². The summed E-state index contributed by atoms with van der Waals surface area (Å²) in [7, 11) is 0. The molecule has 1 rings (SSSR count). The van der Waals surface area contributed by atoms with E-state index in [4.69, 9.17) is 5.73 Å². The van der Waals surface area contributed by atoms with Gasteiger partial charge in [0.2, 0.25) is 0 Å². The number of rotatable bonds is 4. The highest BCUT2D eigenvalue weighted by Crippen LogP contribution is 1.98. The van der Waals surface area contributed by atoms with Gasteiger partial charge in [-0.05, 0) is 6.54 Å². The Morgan fingerprint density at radius 1 is 1.73 bits per heavy atom. The Bertz CT molecular complexity index is 227. The first-order valence-corrected chi connectivity index (χ1v) is 3.68. The van der Waals surface area contributed by atoms with E-state index in [1.807, 2.05) is 16.8 Å². The summed E-state index contributed by atoms with van der Waals surface area (Å²) in [5.74, 6) is 0. The SMILES string of the molecule is C=CCn1cncc1CCN. The molecule has 0 unspecified atom stereocenters. The third-order valence-electron chi connectivity index (χ3n) is 1.52. The van der Waals surface area contributed by atoms with Crippen LogP contribution in [0.15, 0.2) is 25.2 Å². The molecular formula is C8H13N3. The fourth-order valence-electron chi connectivity index (χ4n) is 1.01. The molecule has 0 radical (unpaired) electrons. The van der Waals surface area contributed by atoms with Crippen LogP contribution in [0.25, 0.3) is 0 Å². The number of imidazole rings is 1. The van der Waals surface area contributed by atoms with Crippen LogP contribution >= 0.6 is 0 Å². The van der Waals surface area contributed by atoms with Gasteiger partial charge < -0.3 is 10.3 Å². The van der Waals surface area contributed by atoms with E-state index in [0.717, 1.165) is 13.0 Å². The van der Waals surface area contributed by atoms with Crippen LogP contribution in [0.2, 0.25) is 0 Å². The molecule has 0 amide bonds. The van der Waals surface area contributed by atoms with Gasteiger partial charge in [0, 0.05) is 24.9 Å². The smallest absolute Gasteiger partial charge is 0.0951 e. The van der Waals surface area contributed by atoms with Gasteiger partial charge in [0.15, 0.2) is 0 Å². The van der Waals surface area contributed by atoms with Gasteiger partial charge in [-0.2, -0.15) is 0 Å². The van der Waals surface area contributed by atoms with Crippen LogP contribution in [0.1, 0.15) is 5.69 Å². The van der Waals surface area contributed by atoms with Gasteiger partial charge in [-0.25, -0.2) is 4.98 Å². The van der Waals surface area contributed by atoms with Crippen molar-refractivity contribution in [3.05, 3.63) is 30.9 Å². The van der Waals surface area contributed by atoms with Crippen molar-refractivity contribution in [1.29, 1.82) is 0 Å². The summed E-state index contributed by atoms with van der Waals surface area (Å²) in [4.78, 5) is 4.02. The Labute approximate surface area is 66.5 Å². The Hall–Kier alpha value is -1.09. The van der Waals surface area contributed by atoms with Crippen molar-refractivity contribution in [2.24, 2.45) is 5.73 Å². The summed E-state index contributed by atoms with van der Waals surface area (Å²) in [5, 5.41) is 0. The fourth-order valence-corrected chi connectivity index (χ4v) is 1.01. The molecule has 0 atom stereocenters. The van der Waals surface area contributed by atoms with Gasteiger partial charge in [0.25, 0.3) is 0 Å². The molecule has 3 nitrogen and oxygen atoms in total. The Morgan fingerprint density at radius 2 is 2.55 bits per heavy atom. The molecule has 0 aliphatic carbocycles. The van der Waals surface area contributed by atoms with E-state index in [-0.39, 0.29) is 0 Å². The number of nitrogens with two attached hydrogens (primary N) is 1. The number of nitrogens with zero attached hydrogens (tertiary/aromatic N) is 2. The van der Waals surface area contributed by atoms with Crippen molar-refractivity contribution in [3.8, 4) is 0 Å². The normalized spacial score (nSPS) is 9.91. The molecule has 1 aromatic rings. The highest BCUT2D eigenvalue weighted by atomic mass is 15.0. The highest BCUT2D eigenvalue weighted by Gasteiger charge is 1.97. The molecule has 3 heteroatoms. The molecule has 0 spiro atoms. The van der Waals surface area contributed by atoms with Crippen LogP contribution in [-0.2, 0) is 13.0 Å². The lowest BCUT2D eigenvalue weighted by atomic mass is 10.3. The van der Waals surface area contributed by atoms with E-state index in [0.29, 0.717) is 6.54 Å². The van der Waals surface area contributed by atoms with Crippen LogP contribution in [0.4, 0.5) is 0 Å². The van der Waals surface area contributed by atoms with Crippen molar-refractivity contribution in [2.45, 2.75) is 13.0 Å². The predicted molar refractivity (Wildman–Crippen MR) is 45.2 cm³/mol. The highest BCUT2D eigenvalue weighted by molar-refractivity contribution is 4.99. The van der Waals surface area contributed by atoms with E-state index in [1.54, 1.807) is 6.33 Å². The molecule has 0 bridgehead atoms. The van der Waals surface area contributed by atoms with Gasteiger partial charge in [0.05, 0.1) is 6.33 Å². The average molecular weight is 151 g/mol. The molecule has 0 aliphatic heterocycles. The second-order valence-electron chi connectivity index (χ2n) is 2.36. The first kappa shape index (κ1) is 8.01. The second-order valence-corrected chi connectivity index (χ2v) is 2.36. The van der Waals surface area contributed by atoms with Gasteiger partial charge in [-0.15, -0.1) is 6.58 Å². The zero-order valence-corrected chi connectivity index (χ0v) is 6.53. The minimum atomic E-state index is 0.669. The van der Waals surface area contributed by atoms with Gasteiger partial charge in [0.1, 0.15) is 0 Å². The summed E-state index contributed by atoms with van der Waals surface area (Å²) < 4.78 is 2.04. The molecule has 11 heavy (non-hydrogen) atoms. The number of hydrogen-bond acceptors (Lipinski definition) is 2. The zero-order chi connectivity index (χ0) is 8.10. The van der Waals surface area contributed by atoms with Gasteiger partial charge in [-0.1, -0.05) is 6.08 Å². The zero-order valence-electron chi connectivity index (χ0n) is 6.53. The van der Waals surface area contributed by atoms with E-state index in [1.165, 1.54) is 5.69 Å². The lowest BCUT2D eigenvalue weighted by Gasteiger charge is -2.02. The molecular weight excluding hydrogens is 138 g/mol. The van der Waals surface area contributed by atoms with Crippen LogP contribution in [0.5, 0.6) is 0 Å². The molecule has 1 heterocycles. The van der Waals surface area contributed by atoms with Gasteiger partial charge >= 0.3 is 0 Å². The van der Waals surface area contributed by atoms with Crippen LogP contribution in [0, 0.1) is 0 Å². The summed E-state index contributed by atoms with van der Waals surface area (Å²) in [6.07, 6.45) is 6.37. The summed E-state index contributed by atoms with van der Waals surface area (Å²) in [5.41, 5.74) is 6.59. The van der Waals surface area contributed by atoms with E-state index in [2.05, 4.69) is 11.6 Å². The van der Waals surface area contributed by atoms with Crippen LogP contribution in [-0.4, -0.2) is 16.1 Å². The van der Waals surface area contributed by atoms with Crippen molar-refractivity contribution in [3.63, 3.8) is 0 Å². The molecule has 0 aliphatic rings. The standard InChI is InChI=1S/C8H13N3/c1-2-5-11-7-10-6-8(11)3-4-9/h2,6-7H,1,3-5,9H2. The van der Waals surface area contributed by atoms with Crippen molar-refractivity contribution < 1.29 is 0 Å². The molecule has 60 valence electrons. The molecule has 0 saturated heterocycles. The minimum absolute atomic E-state index is 0.669. The number of aromatic nitrogens is 2. The molecule has 1 aromatic heterocycles. The maximum absolute atomic E-state index is 5.42. The maximum atomic E-state index is 5.42. The monoisotopic (exact) mass is 151 g/mol. The van der Waals surface area contributed by atoms with E-state index < -0.39 is 0 Å².